The lowest BCUT2D eigenvalue weighted by molar-refractivity contribution is -0.138. The number of carbonyl (C=O) groups excluding carboxylic acids is 1. The summed E-state index contributed by atoms with van der Waals surface area (Å²) in [4.78, 5) is 21.9. The van der Waals surface area contributed by atoms with Crippen molar-refractivity contribution in [3.63, 3.8) is 0 Å². The Morgan fingerprint density at radius 1 is 1.37 bits per heavy atom. The van der Waals surface area contributed by atoms with Crippen molar-refractivity contribution in [2.45, 2.75) is 18.9 Å². The highest BCUT2D eigenvalue weighted by atomic mass is 16.4. The third-order valence-electron chi connectivity index (χ3n) is 3.01. The van der Waals surface area contributed by atoms with Gasteiger partial charge in [0.15, 0.2) is 0 Å². The third-order valence-corrected chi connectivity index (χ3v) is 3.01. The number of carbonyl (C=O) groups is 2. The lowest BCUT2D eigenvalue weighted by Gasteiger charge is -2.43. The van der Waals surface area contributed by atoms with Gasteiger partial charge in [-0.25, -0.2) is 0 Å². The number of amides is 1. The first-order chi connectivity index (χ1) is 8.99. The number of nitrogens with one attached hydrogen (secondary N) is 3. The van der Waals surface area contributed by atoms with Crippen molar-refractivity contribution >= 4 is 23.3 Å². The standard InChI is InChI=1S/C13H17N3O3/c1-9(17)15-10-3-2-4-11(5-10)16-13(6-12(18)19)7-14-8-13/h2-5,14,16H,6-8H2,1H3,(H,15,17)(H,18,19). The monoisotopic (exact) mass is 263 g/mol. The largest absolute Gasteiger partial charge is 0.481 e. The van der Waals surface area contributed by atoms with Crippen LogP contribution < -0.4 is 16.0 Å². The van der Waals surface area contributed by atoms with E-state index in [9.17, 15) is 9.59 Å². The van der Waals surface area contributed by atoms with Crippen molar-refractivity contribution < 1.29 is 14.7 Å². The van der Waals surface area contributed by atoms with E-state index in [1.807, 2.05) is 12.1 Å². The number of aliphatic carboxylic acids is 1. The van der Waals surface area contributed by atoms with Crippen LogP contribution in [-0.4, -0.2) is 35.6 Å². The van der Waals surface area contributed by atoms with E-state index in [0.717, 1.165) is 5.69 Å². The molecule has 1 saturated heterocycles. The summed E-state index contributed by atoms with van der Waals surface area (Å²) < 4.78 is 0. The molecule has 0 spiro atoms. The molecule has 1 fully saturated rings. The van der Waals surface area contributed by atoms with Crippen LogP contribution in [0.1, 0.15) is 13.3 Å². The lowest BCUT2D eigenvalue weighted by Crippen LogP contribution is -2.65. The van der Waals surface area contributed by atoms with Gasteiger partial charge in [0, 0.05) is 31.4 Å². The molecular formula is C13H17N3O3. The average molecular weight is 263 g/mol. The molecule has 1 heterocycles. The number of rotatable bonds is 5. The average Bonchev–Trinajstić information content (AvgIpc) is 2.25. The fourth-order valence-corrected chi connectivity index (χ4v) is 2.16. The summed E-state index contributed by atoms with van der Waals surface area (Å²) in [5, 5.41) is 18.0. The van der Waals surface area contributed by atoms with E-state index in [2.05, 4.69) is 16.0 Å². The molecule has 1 aliphatic heterocycles. The third kappa shape index (κ3) is 3.45. The molecule has 4 N–H and O–H groups in total. The zero-order valence-electron chi connectivity index (χ0n) is 10.7. The zero-order valence-corrected chi connectivity index (χ0v) is 10.7. The second-order valence-corrected chi connectivity index (χ2v) is 4.84. The maximum atomic E-state index is 11.0. The molecule has 1 aromatic rings. The second-order valence-electron chi connectivity index (χ2n) is 4.84. The number of anilines is 2. The van der Waals surface area contributed by atoms with Gasteiger partial charge in [-0.2, -0.15) is 0 Å². The molecule has 0 atom stereocenters. The SMILES string of the molecule is CC(=O)Nc1cccc(NC2(CC(=O)O)CNC2)c1. The maximum absolute atomic E-state index is 11.0. The number of benzene rings is 1. The Morgan fingerprint density at radius 2 is 2.05 bits per heavy atom. The Hall–Kier alpha value is -2.08. The van der Waals surface area contributed by atoms with Crippen LogP contribution in [0.3, 0.4) is 0 Å². The van der Waals surface area contributed by atoms with Crippen LogP contribution in [0.2, 0.25) is 0 Å². The molecule has 1 aromatic carbocycles. The minimum Gasteiger partial charge on any atom is -0.481 e. The first kappa shape index (κ1) is 13.4. The maximum Gasteiger partial charge on any atom is 0.305 e. The van der Waals surface area contributed by atoms with E-state index < -0.39 is 11.5 Å². The van der Waals surface area contributed by atoms with Crippen LogP contribution in [0.4, 0.5) is 11.4 Å². The molecule has 0 aromatic heterocycles. The fraction of sp³-hybridized carbons (Fsp3) is 0.385. The van der Waals surface area contributed by atoms with E-state index in [-0.39, 0.29) is 12.3 Å². The molecule has 19 heavy (non-hydrogen) atoms. The van der Waals surface area contributed by atoms with Gasteiger partial charge in [-0.1, -0.05) is 6.07 Å². The summed E-state index contributed by atoms with van der Waals surface area (Å²) in [5.74, 6) is -0.963. The van der Waals surface area contributed by atoms with Crippen molar-refractivity contribution in [3.05, 3.63) is 24.3 Å². The smallest absolute Gasteiger partial charge is 0.305 e. The predicted octanol–water partition coefficient (Wildman–Crippen LogP) is 0.874. The molecular weight excluding hydrogens is 246 g/mol. The van der Waals surface area contributed by atoms with Gasteiger partial charge in [0.2, 0.25) is 5.91 Å². The van der Waals surface area contributed by atoms with Gasteiger partial charge in [-0.3, -0.25) is 9.59 Å². The van der Waals surface area contributed by atoms with Gasteiger partial charge >= 0.3 is 5.97 Å². The molecule has 102 valence electrons. The molecule has 0 unspecified atom stereocenters. The van der Waals surface area contributed by atoms with Gasteiger partial charge in [0.25, 0.3) is 0 Å². The molecule has 0 bridgehead atoms. The Labute approximate surface area is 111 Å². The van der Waals surface area contributed by atoms with E-state index in [4.69, 9.17) is 5.11 Å². The zero-order chi connectivity index (χ0) is 13.9. The highest BCUT2D eigenvalue weighted by Gasteiger charge is 2.38. The number of hydrogen-bond acceptors (Lipinski definition) is 4. The minimum atomic E-state index is -0.827. The molecule has 1 amide bonds. The summed E-state index contributed by atoms with van der Waals surface area (Å²) >= 11 is 0. The van der Waals surface area contributed by atoms with Crippen LogP contribution in [-0.2, 0) is 9.59 Å². The van der Waals surface area contributed by atoms with E-state index in [1.165, 1.54) is 6.92 Å². The van der Waals surface area contributed by atoms with Crippen molar-refractivity contribution in [2.75, 3.05) is 23.7 Å². The summed E-state index contributed by atoms with van der Waals surface area (Å²) in [5.41, 5.74) is 1.05. The highest BCUT2D eigenvalue weighted by molar-refractivity contribution is 5.89. The highest BCUT2D eigenvalue weighted by Crippen LogP contribution is 2.24. The van der Waals surface area contributed by atoms with Crippen LogP contribution in [0.5, 0.6) is 0 Å². The predicted molar refractivity (Wildman–Crippen MR) is 72.2 cm³/mol. The second kappa shape index (κ2) is 5.27. The Kier molecular flexibility index (Phi) is 3.71. The quantitative estimate of drug-likeness (QED) is 0.633. The number of hydrogen-bond donors (Lipinski definition) is 4. The minimum absolute atomic E-state index is 0.0599. The van der Waals surface area contributed by atoms with E-state index in [1.54, 1.807) is 12.1 Å². The van der Waals surface area contributed by atoms with Crippen molar-refractivity contribution in [2.24, 2.45) is 0 Å². The summed E-state index contributed by atoms with van der Waals surface area (Å²) in [6, 6.07) is 7.25. The molecule has 1 aliphatic rings. The Bertz CT molecular complexity index is 498. The van der Waals surface area contributed by atoms with Crippen LogP contribution >= 0.6 is 0 Å². The van der Waals surface area contributed by atoms with Gasteiger partial charge in [-0.05, 0) is 18.2 Å². The molecule has 6 heteroatoms. The van der Waals surface area contributed by atoms with Crippen molar-refractivity contribution in [1.82, 2.24) is 5.32 Å². The molecule has 0 saturated carbocycles. The normalized spacial score (nSPS) is 16.3. The van der Waals surface area contributed by atoms with Crippen molar-refractivity contribution in [1.29, 1.82) is 0 Å². The van der Waals surface area contributed by atoms with Gasteiger partial charge in [0.05, 0.1) is 12.0 Å². The first-order valence-electron chi connectivity index (χ1n) is 6.07. The van der Waals surface area contributed by atoms with Crippen molar-refractivity contribution in [3.8, 4) is 0 Å². The molecule has 0 radical (unpaired) electrons. The van der Waals surface area contributed by atoms with Gasteiger partial charge in [-0.15, -0.1) is 0 Å². The van der Waals surface area contributed by atoms with Gasteiger partial charge < -0.3 is 21.1 Å². The topological polar surface area (TPSA) is 90.5 Å². The van der Waals surface area contributed by atoms with Crippen LogP contribution in [0.25, 0.3) is 0 Å². The Balaban J connectivity index is 2.09. The fourth-order valence-electron chi connectivity index (χ4n) is 2.16. The van der Waals surface area contributed by atoms with Crippen LogP contribution in [0.15, 0.2) is 24.3 Å². The summed E-state index contributed by atoms with van der Waals surface area (Å²) in [6.07, 6.45) is 0.0599. The van der Waals surface area contributed by atoms with Gasteiger partial charge in [0.1, 0.15) is 0 Å². The first-order valence-corrected chi connectivity index (χ1v) is 6.07. The lowest BCUT2D eigenvalue weighted by atomic mass is 9.88. The molecule has 0 aliphatic carbocycles. The van der Waals surface area contributed by atoms with E-state index in [0.29, 0.717) is 18.8 Å². The summed E-state index contributed by atoms with van der Waals surface area (Å²) in [6.45, 7) is 2.68. The van der Waals surface area contributed by atoms with Crippen LogP contribution in [0, 0.1) is 0 Å². The molecule has 6 nitrogen and oxygen atoms in total. The summed E-state index contributed by atoms with van der Waals surface area (Å²) in [7, 11) is 0. The molecule has 2 rings (SSSR count). The number of carboxylic acids is 1. The Morgan fingerprint density at radius 3 is 2.58 bits per heavy atom. The van der Waals surface area contributed by atoms with E-state index >= 15 is 0 Å². The number of carboxylic acid groups (broad SMARTS) is 1.